The van der Waals surface area contributed by atoms with Crippen molar-refractivity contribution in [2.45, 2.75) is 31.9 Å². The number of methoxy groups -OCH3 is 1. The summed E-state index contributed by atoms with van der Waals surface area (Å²) in [5, 5.41) is 3.91. The molecule has 1 aliphatic heterocycles. The van der Waals surface area contributed by atoms with Crippen molar-refractivity contribution in [2.75, 3.05) is 40.3 Å². The predicted octanol–water partition coefficient (Wildman–Crippen LogP) is 1.09. The van der Waals surface area contributed by atoms with E-state index < -0.39 is 0 Å². The SMILES string of the molecule is CO[C@@H](CN1CCN(C)[C@@H](c2nc(C)no2)C1)C1CC1. The van der Waals surface area contributed by atoms with Crippen LogP contribution in [0.15, 0.2) is 4.52 Å². The zero-order valence-corrected chi connectivity index (χ0v) is 12.6. The normalized spacial score (nSPS) is 26.9. The zero-order valence-electron chi connectivity index (χ0n) is 12.6. The molecule has 1 aromatic rings. The van der Waals surface area contributed by atoms with Gasteiger partial charge in [0.2, 0.25) is 5.89 Å². The molecule has 0 spiro atoms. The minimum atomic E-state index is 0.196. The molecule has 6 nitrogen and oxygen atoms in total. The Balaban J connectivity index is 1.63. The summed E-state index contributed by atoms with van der Waals surface area (Å²) in [6.45, 7) is 5.91. The van der Waals surface area contributed by atoms with Crippen LogP contribution in [0.25, 0.3) is 0 Å². The lowest BCUT2D eigenvalue weighted by Gasteiger charge is -2.38. The molecule has 0 bridgehead atoms. The van der Waals surface area contributed by atoms with E-state index in [9.17, 15) is 0 Å². The largest absolute Gasteiger partial charge is 0.380 e. The van der Waals surface area contributed by atoms with Gasteiger partial charge < -0.3 is 9.26 Å². The Labute approximate surface area is 120 Å². The van der Waals surface area contributed by atoms with Gasteiger partial charge in [-0.2, -0.15) is 4.98 Å². The Hall–Kier alpha value is -0.980. The first-order valence-corrected chi connectivity index (χ1v) is 7.43. The lowest BCUT2D eigenvalue weighted by atomic mass is 10.1. The van der Waals surface area contributed by atoms with Crippen LogP contribution >= 0.6 is 0 Å². The third-order valence-electron chi connectivity index (χ3n) is 4.45. The number of likely N-dealkylation sites (N-methyl/N-ethyl adjacent to an activating group) is 1. The van der Waals surface area contributed by atoms with Gasteiger partial charge in [-0.25, -0.2) is 0 Å². The maximum atomic E-state index is 5.64. The Morgan fingerprint density at radius 3 is 2.80 bits per heavy atom. The van der Waals surface area contributed by atoms with Crippen molar-refractivity contribution >= 4 is 0 Å². The van der Waals surface area contributed by atoms with Crippen LogP contribution in [0.2, 0.25) is 0 Å². The molecule has 0 amide bonds. The highest BCUT2D eigenvalue weighted by Gasteiger charge is 2.35. The van der Waals surface area contributed by atoms with Crippen LogP contribution in [0.3, 0.4) is 0 Å². The average molecular weight is 280 g/mol. The minimum Gasteiger partial charge on any atom is -0.380 e. The van der Waals surface area contributed by atoms with Crippen LogP contribution in [0.1, 0.15) is 30.6 Å². The fourth-order valence-corrected chi connectivity index (χ4v) is 2.95. The molecular weight excluding hydrogens is 256 g/mol. The van der Waals surface area contributed by atoms with Gasteiger partial charge in [0, 0.05) is 33.3 Å². The lowest BCUT2D eigenvalue weighted by molar-refractivity contribution is 0.0130. The van der Waals surface area contributed by atoms with E-state index in [1.54, 1.807) is 0 Å². The first-order valence-electron chi connectivity index (χ1n) is 7.43. The average Bonchev–Trinajstić information content (AvgIpc) is 3.20. The van der Waals surface area contributed by atoms with Crippen LogP contribution in [0.5, 0.6) is 0 Å². The van der Waals surface area contributed by atoms with Gasteiger partial charge in [-0.3, -0.25) is 9.80 Å². The van der Waals surface area contributed by atoms with Crippen molar-refractivity contribution in [3.63, 3.8) is 0 Å². The fourth-order valence-electron chi connectivity index (χ4n) is 2.95. The van der Waals surface area contributed by atoms with Crippen LogP contribution < -0.4 is 0 Å². The molecule has 1 saturated heterocycles. The molecule has 20 heavy (non-hydrogen) atoms. The van der Waals surface area contributed by atoms with Crippen molar-refractivity contribution in [2.24, 2.45) is 5.92 Å². The summed E-state index contributed by atoms with van der Waals surface area (Å²) in [6, 6.07) is 0.196. The third-order valence-corrected chi connectivity index (χ3v) is 4.45. The van der Waals surface area contributed by atoms with Crippen molar-refractivity contribution < 1.29 is 9.26 Å². The maximum absolute atomic E-state index is 5.64. The number of nitrogens with zero attached hydrogens (tertiary/aromatic N) is 4. The molecule has 2 heterocycles. The molecule has 2 atom stereocenters. The highest BCUT2D eigenvalue weighted by molar-refractivity contribution is 4.96. The van der Waals surface area contributed by atoms with Gasteiger partial charge in [-0.05, 0) is 32.7 Å². The van der Waals surface area contributed by atoms with Gasteiger partial charge in [0.25, 0.3) is 0 Å². The minimum absolute atomic E-state index is 0.196. The van der Waals surface area contributed by atoms with Gasteiger partial charge in [0.1, 0.15) is 6.04 Å². The molecule has 0 radical (unpaired) electrons. The topological polar surface area (TPSA) is 54.6 Å². The summed E-state index contributed by atoms with van der Waals surface area (Å²) < 4.78 is 11.0. The fraction of sp³-hybridized carbons (Fsp3) is 0.857. The number of rotatable bonds is 5. The molecule has 1 aromatic heterocycles. The summed E-state index contributed by atoms with van der Waals surface area (Å²) in [4.78, 5) is 9.15. The number of hydrogen-bond acceptors (Lipinski definition) is 6. The second-order valence-electron chi connectivity index (χ2n) is 6.05. The van der Waals surface area contributed by atoms with E-state index in [0.717, 1.165) is 38.0 Å². The van der Waals surface area contributed by atoms with Gasteiger partial charge >= 0.3 is 0 Å². The Morgan fingerprint density at radius 2 is 2.20 bits per heavy atom. The van der Waals surface area contributed by atoms with Crippen molar-refractivity contribution in [1.82, 2.24) is 19.9 Å². The number of hydrogen-bond donors (Lipinski definition) is 0. The van der Waals surface area contributed by atoms with Gasteiger partial charge in [0.05, 0.1) is 6.10 Å². The second kappa shape index (κ2) is 5.79. The summed E-state index contributed by atoms with van der Waals surface area (Å²) in [6.07, 6.45) is 3.01. The highest BCUT2D eigenvalue weighted by Crippen LogP contribution is 2.35. The highest BCUT2D eigenvalue weighted by atomic mass is 16.5. The second-order valence-corrected chi connectivity index (χ2v) is 6.05. The molecule has 3 rings (SSSR count). The van der Waals surface area contributed by atoms with Crippen LogP contribution in [-0.2, 0) is 4.74 Å². The van der Waals surface area contributed by atoms with E-state index in [2.05, 4.69) is 27.0 Å². The maximum Gasteiger partial charge on any atom is 0.245 e. The summed E-state index contributed by atoms with van der Waals surface area (Å²) in [5.41, 5.74) is 0. The number of aryl methyl sites for hydroxylation is 1. The molecule has 0 N–H and O–H groups in total. The molecule has 2 fully saturated rings. The van der Waals surface area contributed by atoms with Crippen LogP contribution in [0.4, 0.5) is 0 Å². The number of aromatic nitrogens is 2. The molecule has 0 aromatic carbocycles. The standard InChI is InChI=1S/C14H24N4O2/c1-10-15-14(20-16-10)12-8-18(7-6-17(12)2)9-13(19-3)11-4-5-11/h11-13H,4-9H2,1-3H3/t12-,13+/m1/s1. The van der Waals surface area contributed by atoms with Crippen LogP contribution in [0, 0.1) is 12.8 Å². The van der Waals surface area contributed by atoms with Crippen LogP contribution in [-0.4, -0.2) is 66.4 Å². The van der Waals surface area contributed by atoms with Crippen molar-refractivity contribution in [1.29, 1.82) is 0 Å². The third kappa shape index (κ3) is 3.02. The van der Waals surface area contributed by atoms with Gasteiger partial charge in [-0.15, -0.1) is 0 Å². The molecule has 1 saturated carbocycles. The van der Waals surface area contributed by atoms with Crippen molar-refractivity contribution in [3.8, 4) is 0 Å². The molecule has 112 valence electrons. The summed E-state index contributed by atoms with van der Waals surface area (Å²) >= 11 is 0. The monoisotopic (exact) mass is 280 g/mol. The Morgan fingerprint density at radius 1 is 1.40 bits per heavy atom. The lowest BCUT2D eigenvalue weighted by Crippen LogP contribution is -2.49. The van der Waals surface area contributed by atoms with Crippen molar-refractivity contribution in [3.05, 3.63) is 11.7 Å². The Bertz CT molecular complexity index is 446. The summed E-state index contributed by atoms with van der Waals surface area (Å²) in [5.74, 6) is 2.21. The number of ether oxygens (including phenoxy) is 1. The quantitative estimate of drug-likeness (QED) is 0.805. The van der Waals surface area contributed by atoms with E-state index in [0.29, 0.717) is 11.9 Å². The van der Waals surface area contributed by atoms with Gasteiger partial charge in [-0.1, -0.05) is 5.16 Å². The van der Waals surface area contributed by atoms with E-state index in [-0.39, 0.29) is 6.04 Å². The zero-order chi connectivity index (χ0) is 14.1. The number of piperazine rings is 1. The molecule has 1 aliphatic carbocycles. The molecule has 2 aliphatic rings. The first kappa shape index (κ1) is 14.0. The van der Waals surface area contributed by atoms with E-state index in [4.69, 9.17) is 9.26 Å². The molecule has 6 heteroatoms. The Kier molecular flexibility index (Phi) is 4.05. The smallest absolute Gasteiger partial charge is 0.245 e. The van der Waals surface area contributed by atoms with Gasteiger partial charge in [0.15, 0.2) is 5.82 Å². The predicted molar refractivity (Wildman–Crippen MR) is 74.4 cm³/mol. The van der Waals surface area contributed by atoms with E-state index in [1.807, 2.05) is 14.0 Å². The van der Waals surface area contributed by atoms with E-state index >= 15 is 0 Å². The first-order chi connectivity index (χ1) is 9.67. The summed E-state index contributed by atoms with van der Waals surface area (Å²) in [7, 11) is 3.95. The molecule has 0 unspecified atom stereocenters. The molecular formula is C14H24N4O2. The van der Waals surface area contributed by atoms with E-state index in [1.165, 1.54) is 12.8 Å².